The molecule has 2 aliphatic rings. The highest BCUT2D eigenvalue weighted by molar-refractivity contribution is 7.08. The quantitative estimate of drug-likeness (QED) is 0.487. The molecule has 0 spiro atoms. The topological polar surface area (TPSA) is 55.8 Å². The van der Waals surface area contributed by atoms with Gasteiger partial charge in [-0.15, -0.1) is 0 Å². The van der Waals surface area contributed by atoms with Crippen LogP contribution >= 0.6 is 11.3 Å². The van der Waals surface area contributed by atoms with E-state index in [1.807, 2.05) is 47.2 Å². The van der Waals surface area contributed by atoms with Crippen molar-refractivity contribution in [2.24, 2.45) is 0 Å². The summed E-state index contributed by atoms with van der Waals surface area (Å²) in [6, 6.07) is 11.4. The normalized spacial score (nSPS) is 20.9. The minimum atomic E-state index is -0.429. The van der Waals surface area contributed by atoms with Gasteiger partial charge < -0.3 is 9.47 Å². The summed E-state index contributed by atoms with van der Waals surface area (Å²) in [6.07, 6.45) is 0.141. The van der Waals surface area contributed by atoms with Gasteiger partial charge in [-0.25, -0.2) is 4.79 Å². The van der Waals surface area contributed by atoms with E-state index in [4.69, 9.17) is 9.47 Å². The van der Waals surface area contributed by atoms with Crippen LogP contribution in [0.2, 0.25) is 0 Å². The first-order valence-corrected chi connectivity index (χ1v) is 8.59. The number of hydrogen-bond acceptors (Lipinski definition) is 5. The van der Waals surface area contributed by atoms with Gasteiger partial charge in [0, 0.05) is 5.56 Å². The van der Waals surface area contributed by atoms with Crippen LogP contribution in [0.4, 0.5) is 0 Å². The largest absolute Gasteiger partial charge is 0.471 e. The Morgan fingerprint density at radius 1 is 1.29 bits per heavy atom. The number of rotatable bonds is 4. The summed E-state index contributed by atoms with van der Waals surface area (Å²) in [5, 5.41) is 3.78. The zero-order valence-corrected chi connectivity index (χ0v) is 13.6. The van der Waals surface area contributed by atoms with Gasteiger partial charge in [-0.3, -0.25) is 9.69 Å². The highest BCUT2D eigenvalue weighted by Gasteiger charge is 2.45. The molecular weight excluding hydrogens is 326 g/mol. The second-order valence-corrected chi connectivity index (χ2v) is 6.45. The van der Waals surface area contributed by atoms with Crippen LogP contribution in [-0.4, -0.2) is 29.5 Å². The van der Waals surface area contributed by atoms with E-state index in [9.17, 15) is 9.59 Å². The molecule has 2 aliphatic heterocycles. The second-order valence-electron chi connectivity index (χ2n) is 5.67. The molecule has 6 heteroatoms. The van der Waals surface area contributed by atoms with Crippen LogP contribution in [-0.2, 0) is 25.7 Å². The van der Waals surface area contributed by atoms with Gasteiger partial charge in [0.15, 0.2) is 6.23 Å². The first-order valence-electron chi connectivity index (χ1n) is 7.65. The third-order valence-electron chi connectivity index (χ3n) is 4.12. The Balaban J connectivity index is 1.57. The molecule has 1 atom stereocenters. The van der Waals surface area contributed by atoms with Crippen molar-refractivity contribution in [2.45, 2.75) is 19.3 Å². The van der Waals surface area contributed by atoms with E-state index in [1.54, 1.807) is 4.90 Å². The zero-order chi connectivity index (χ0) is 16.5. The molecule has 0 radical (unpaired) electrons. The number of hydrogen-bond donors (Lipinski definition) is 0. The standard InChI is InChI=1S/C18H15NO4S/c20-15-8-16-19(15)9-14(23-16)17(13-6-7-24-11-13)18(21)22-10-12-4-2-1-3-5-12/h1-7,11,16H,8-10H2/b17-14+. The Labute approximate surface area is 143 Å². The van der Waals surface area contributed by atoms with E-state index in [2.05, 4.69) is 0 Å². The minimum Gasteiger partial charge on any atom is -0.471 e. The van der Waals surface area contributed by atoms with Gasteiger partial charge in [0.2, 0.25) is 5.91 Å². The van der Waals surface area contributed by atoms with Gasteiger partial charge >= 0.3 is 5.97 Å². The molecule has 1 amide bonds. The zero-order valence-electron chi connectivity index (χ0n) is 12.8. The van der Waals surface area contributed by atoms with E-state index < -0.39 is 5.97 Å². The molecule has 0 N–H and O–H groups in total. The number of fused-ring (bicyclic) bond motifs is 1. The summed E-state index contributed by atoms with van der Waals surface area (Å²) < 4.78 is 11.2. The molecular formula is C18H15NO4S. The first-order chi connectivity index (χ1) is 11.7. The van der Waals surface area contributed by atoms with Crippen molar-refractivity contribution in [3.05, 3.63) is 64.0 Å². The van der Waals surface area contributed by atoms with Crippen molar-refractivity contribution < 1.29 is 19.1 Å². The molecule has 0 aliphatic carbocycles. The van der Waals surface area contributed by atoms with Crippen molar-refractivity contribution in [3.8, 4) is 0 Å². The number of benzene rings is 1. The lowest BCUT2D eigenvalue weighted by Crippen LogP contribution is -2.48. The number of carbonyl (C=O) groups excluding carboxylic acids is 2. The van der Waals surface area contributed by atoms with E-state index in [-0.39, 0.29) is 18.7 Å². The summed E-state index contributed by atoms with van der Waals surface area (Å²) in [4.78, 5) is 25.8. The summed E-state index contributed by atoms with van der Waals surface area (Å²) in [5.74, 6) is 0.141. The van der Waals surface area contributed by atoms with E-state index in [0.717, 1.165) is 11.1 Å². The molecule has 1 aromatic heterocycles. The lowest BCUT2D eigenvalue weighted by molar-refractivity contribution is -0.153. The molecule has 4 rings (SSSR count). The Hall–Kier alpha value is -2.60. The van der Waals surface area contributed by atoms with Crippen molar-refractivity contribution in [1.29, 1.82) is 0 Å². The third-order valence-corrected chi connectivity index (χ3v) is 4.80. The number of esters is 1. The molecule has 1 aromatic carbocycles. The summed E-state index contributed by atoms with van der Waals surface area (Å²) in [7, 11) is 0. The predicted octanol–water partition coefficient (Wildman–Crippen LogP) is 2.79. The molecule has 24 heavy (non-hydrogen) atoms. The molecule has 0 bridgehead atoms. The van der Waals surface area contributed by atoms with Crippen LogP contribution in [0.15, 0.2) is 52.9 Å². The average Bonchev–Trinajstić information content (AvgIpc) is 3.23. The minimum absolute atomic E-state index is 0.0531. The van der Waals surface area contributed by atoms with Crippen LogP contribution in [0, 0.1) is 0 Å². The maximum atomic E-state index is 12.7. The van der Waals surface area contributed by atoms with Crippen LogP contribution in [0.5, 0.6) is 0 Å². The summed E-state index contributed by atoms with van der Waals surface area (Å²) in [6.45, 7) is 0.530. The lowest BCUT2D eigenvalue weighted by Gasteiger charge is -2.30. The number of β-lactam (4-membered cyclic amide) rings is 1. The number of nitrogens with zero attached hydrogens (tertiary/aromatic N) is 1. The van der Waals surface area contributed by atoms with Gasteiger partial charge in [0.05, 0.1) is 13.0 Å². The number of ether oxygens (including phenoxy) is 2. The van der Waals surface area contributed by atoms with Gasteiger partial charge in [0.1, 0.15) is 17.9 Å². The van der Waals surface area contributed by atoms with E-state index in [0.29, 0.717) is 24.3 Å². The van der Waals surface area contributed by atoms with Crippen molar-refractivity contribution in [2.75, 3.05) is 6.54 Å². The summed E-state index contributed by atoms with van der Waals surface area (Å²) in [5.41, 5.74) is 2.10. The SMILES string of the molecule is O=C(OCc1ccccc1)/C(=C1\CN2C(=O)CC2O1)c1ccsc1. The van der Waals surface area contributed by atoms with Crippen LogP contribution in [0.1, 0.15) is 17.5 Å². The third kappa shape index (κ3) is 2.69. The van der Waals surface area contributed by atoms with Crippen molar-refractivity contribution in [3.63, 3.8) is 0 Å². The van der Waals surface area contributed by atoms with Crippen LogP contribution in [0.25, 0.3) is 5.57 Å². The highest BCUT2D eigenvalue weighted by atomic mass is 32.1. The van der Waals surface area contributed by atoms with Crippen molar-refractivity contribution >= 4 is 28.8 Å². The predicted molar refractivity (Wildman–Crippen MR) is 88.7 cm³/mol. The molecule has 1 unspecified atom stereocenters. The van der Waals surface area contributed by atoms with Gasteiger partial charge in [0.25, 0.3) is 0 Å². The maximum Gasteiger partial charge on any atom is 0.342 e. The molecule has 5 nitrogen and oxygen atoms in total. The Morgan fingerprint density at radius 3 is 2.79 bits per heavy atom. The molecule has 2 saturated heterocycles. The summed E-state index contributed by atoms with van der Waals surface area (Å²) >= 11 is 1.50. The number of thiophene rings is 1. The lowest BCUT2D eigenvalue weighted by atomic mass is 10.1. The van der Waals surface area contributed by atoms with Gasteiger partial charge in [-0.1, -0.05) is 30.3 Å². The molecule has 122 valence electrons. The average molecular weight is 341 g/mol. The Bertz CT molecular complexity index is 798. The fourth-order valence-corrected chi connectivity index (χ4v) is 3.46. The first kappa shape index (κ1) is 15.0. The molecule has 2 aromatic rings. The van der Waals surface area contributed by atoms with E-state index in [1.165, 1.54) is 11.3 Å². The van der Waals surface area contributed by atoms with Crippen LogP contribution < -0.4 is 0 Å². The fourth-order valence-electron chi connectivity index (χ4n) is 2.81. The van der Waals surface area contributed by atoms with Crippen molar-refractivity contribution in [1.82, 2.24) is 4.90 Å². The number of amides is 1. The number of carbonyl (C=O) groups is 2. The van der Waals surface area contributed by atoms with Crippen LogP contribution in [0.3, 0.4) is 0 Å². The van der Waals surface area contributed by atoms with Gasteiger partial charge in [-0.2, -0.15) is 11.3 Å². The monoisotopic (exact) mass is 341 g/mol. The maximum absolute atomic E-state index is 12.7. The molecule has 2 fully saturated rings. The Morgan fingerprint density at radius 2 is 2.12 bits per heavy atom. The van der Waals surface area contributed by atoms with Gasteiger partial charge in [-0.05, 0) is 22.4 Å². The Kier molecular flexibility index (Phi) is 3.82. The fraction of sp³-hybridized carbons (Fsp3) is 0.222. The second kappa shape index (κ2) is 6.13. The molecule has 3 heterocycles. The van der Waals surface area contributed by atoms with E-state index >= 15 is 0 Å². The highest BCUT2D eigenvalue weighted by Crippen LogP contribution is 2.35. The molecule has 0 saturated carbocycles. The smallest absolute Gasteiger partial charge is 0.342 e.